The summed E-state index contributed by atoms with van der Waals surface area (Å²) in [7, 11) is 0. The zero-order valence-electron chi connectivity index (χ0n) is 13.6. The summed E-state index contributed by atoms with van der Waals surface area (Å²) in [6, 6.07) is 15.5. The Balaban J connectivity index is 1.71. The SMILES string of the molecule is Cc1ccccc1NC(=O)c1cnc(Nc2ccccc2C)nc1. The number of nitrogens with one attached hydrogen (secondary N) is 2. The second kappa shape index (κ2) is 6.91. The Labute approximate surface area is 140 Å². The van der Waals surface area contributed by atoms with Gasteiger partial charge in [0.15, 0.2) is 0 Å². The minimum absolute atomic E-state index is 0.230. The molecule has 2 N–H and O–H groups in total. The van der Waals surface area contributed by atoms with Crippen molar-refractivity contribution in [3.05, 3.63) is 77.6 Å². The van der Waals surface area contributed by atoms with Crippen LogP contribution >= 0.6 is 0 Å². The quantitative estimate of drug-likeness (QED) is 0.760. The molecule has 5 heteroatoms. The predicted molar refractivity (Wildman–Crippen MR) is 95.6 cm³/mol. The number of anilines is 3. The van der Waals surface area contributed by atoms with E-state index in [0.29, 0.717) is 11.5 Å². The summed E-state index contributed by atoms with van der Waals surface area (Å²) in [5.41, 5.74) is 4.24. The van der Waals surface area contributed by atoms with Gasteiger partial charge < -0.3 is 10.6 Å². The first-order valence-electron chi connectivity index (χ1n) is 7.65. The first-order valence-corrected chi connectivity index (χ1v) is 7.65. The summed E-state index contributed by atoms with van der Waals surface area (Å²) in [5.74, 6) is 0.225. The fourth-order valence-corrected chi connectivity index (χ4v) is 2.25. The summed E-state index contributed by atoms with van der Waals surface area (Å²) >= 11 is 0. The van der Waals surface area contributed by atoms with Crippen LogP contribution in [0, 0.1) is 13.8 Å². The molecule has 0 fully saturated rings. The molecule has 24 heavy (non-hydrogen) atoms. The number of rotatable bonds is 4. The van der Waals surface area contributed by atoms with Gasteiger partial charge in [-0.05, 0) is 37.1 Å². The molecule has 1 aromatic heterocycles. The molecule has 0 spiro atoms. The van der Waals surface area contributed by atoms with E-state index < -0.39 is 0 Å². The smallest absolute Gasteiger partial charge is 0.258 e. The van der Waals surface area contributed by atoms with E-state index in [1.54, 1.807) is 0 Å². The van der Waals surface area contributed by atoms with E-state index in [4.69, 9.17) is 0 Å². The van der Waals surface area contributed by atoms with E-state index in [1.807, 2.05) is 62.4 Å². The van der Waals surface area contributed by atoms with Crippen molar-refractivity contribution in [1.29, 1.82) is 0 Å². The molecule has 3 rings (SSSR count). The number of carbonyl (C=O) groups is 1. The van der Waals surface area contributed by atoms with Gasteiger partial charge in [-0.2, -0.15) is 0 Å². The van der Waals surface area contributed by atoms with Crippen molar-refractivity contribution in [2.75, 3.05) is 10.6 Å². The number of hydrogen-bond donors (Lipinski definition) is 2. The third-order valence-electron chi connectivity index (χ3n) is 3.70. The molecule has 0 saturated heterocycles. The van der Waals surface area contributed by atoms with Crippen molar-refractivity contribution in [3.63, 3.8) is 0 Å². The molecule has 0 aliphatic rings. The van der Waals surface area contributed by atoms with Crippen molar-refractivity contribution in [2.24, 2.45) is 0 Å². The van der Waals surface area contributed by atoms with E-state index in [-0.39, 0.29) is 5.91 Å². The van der Waals surface area contributed by atoms with Gasteiger partial charge in [0.2, 0.25) is 5.95 Å². The Kier molecular flexibility index (Phi) is 4.52. The zero-order valence-corrected chi connectivity index (χ0v) is 13.6. The molecule has 0 aliphatic carbocycles. The van der Waals surface area contributed by atoms with Crippen molar-refractivity contribution in [3.8, 4) is 0 Å². The van der Waals surface area contributed by atoms with Gasteiger partial charge in [0, 0.05) is 23.8 Å². The lowest BCUT2D eigenvalue weighted by Crippen LogP contribution is -2.13. The minimum Gasteiger partial charge on any atom is -0.324 e. The lowest BCUT2D eigenvalue weighted by molar-refractivity contribution is 0.102. The molecule has 0 atom stereocenters. The molecule has 1 amide bonds. The fourth-order valence-electron chi connectivity index (χ4n) is 2.25. The number of benzene rings is 2. The highest BCUT2D eigenvalue weighted by Gasteiger charge is 2.09. The van der Waals surface area contributed by atoms with Crippen LogP contribution in [-0.2, 0) is 0 Å². The number of aryl methyl sites for hydroxylation is 2. The van der Waals surface area contributed by atoms with Crippen LogP contribution in [0.2, 0.25) is 0 Å². The molecular formula is C19H18N4O. The van der Waals surface area contributed by atoms with Crippen LogP contribution in [0.1, 0.15) is 21.5 Å². The molecule has 0 saturated carbocycles. The minimum atomic E-state index is -0.230. The van der Waals surface area contributed by atoms with Crippen LogP contribution in [-0.4, -0.2) is 15.9 Å². The standard InChI is InChI=1S/C19H18N4O/c1-13-7-3-5-9-16(13)22-18(24)15-11-20-19(21-12-15)23-17-10-6-4-8-14(17)2/h3-12H,1-2H3,(H,22,24)(H,20,21,23). The zero-order chi connectivity index (χ0) is 16.9. The van der Waals surface area contributed by atoms with Gasteiger partial charge in [0.25, 0.3) is 5.91 Å². The second-order valence-corrected chi connectivity index (χ2v) is 5.50. The number of para-hydroxylation sites is 2. The Morgan fingerprint density at radius 3 is 1.96 bits per heavy atom. The summed E-state index contributed by atoms with van der Waals surface area (Å²) in [5, 5.41) is 6.01. The van der Waals surface area contributed by atoms with Crippen molar-refractivity contribution >= 4 is 23.2 Å². The summed E-state index contributed by atoms with van der Waals surface area (Å²) in [6.45, 7) is 3.95. The van der Waals surface area contributed by atoms with Crippen LogP contribution < -0.4 is 10.6 Å². The number of aromatic nitrogens is 2. The molecule has 3 aromatic rings. The molecule has 0 unspecified atom stereocenters. The largest absolute Gasteiger partial charge is 0.324 e. The predicted octanol–water partition coefficient (Wildman–Crippen LogP) is 4.09. The van der Waals surface area contributed by atoms with Crippen molar-refractivity contribution < 1.29 is 4.79 Å². The second-order valence-electron chi connectivity index (χ2n) is 5.50. The maximum Gasteiger partial charge on any atom is 0.258 e. The highest BCUT2D eigenvalue weighted by atomic mass is 16.1. The van der Waals surface area contributed by atoms with Crippen LogP contribution in [0.15, 0.2) is 60.9 Å². The van der Waals surface area contributed by atoms with Gasteiger partial charge in [-0.1, -0.05) is 36.4 Å². The van der Waals surface area contributed by atoms with Crippen molar-refractivity contribution in [2.45, 2.75) is 13.8 Å². The lowest BCUT2D eigenvalue weighted by atomic mass is 10.2. The van der Waals surface area contributed by atoms with Gasteiger partial charge in [0.1, 0.15) is 0 Å². The average molecular weight is 318 g/mol. The fraction of sp³-hybridized carbons (Fsp3) is 0.105. The molecular weight excluding hydrogens is 300 g/mol. The van der Waals surface area contributed by atoms with Gasteiger partial charge >= 0.3 is 0 Å². The lowest BCUT2D eigenvalue weighted by Gasteiger charge is -2.09. The normalized spacial score (nSPS) is 10.2. The Morgan fingerprint density at radius 1 is 0.833 bits per heavy atom. The molecule has 1 heterocycles. The van der Waals surface area contributed by atoms with Crippen LogP contribution in [0.25, 0.3) is 0 Å². The van der Waals surface area contributed by atoms with E-state index >= 15 is 0 Å². The van der Waals surface area contributed by atoms with Crippen molar-refractivity contribution in [1.82, 2.24) is 9.97 Å². The molecule has 120 valence electrons. The number of nitrogens with zero attached hydrogens (tertiary/aromatic N) is 2. The Bertz CT molecular complexity index is 859. The molecule has 0 aliphatic heterocycles. The average Bonchev–Trinajstić information content (AvgIpc) is 2.59. The maximum absolute atomic E-state index is 12.3. The first kappa shape index (κ1) is 15.7. The summed E-state index contributed by atoms with van der Waals surface area (Å²) < 4.78 is 0. The number of amides is 1. The molecule has 2 aromatic carbocycles. The first-order chi connectivity index (χ1) is 11.6. The third kappa shape index (κ3) is 3.57. The molecule has 5 nitrogen and oxygen atoms in total. The number of hydrogen-bond acceptors (Lipinski definition) is 4. The van der Waals surface area contributed by atoms with Crippen LogP contribution in [0.4, 0.5) is 17.3 Å². The van der Waals surface area contributed by atoms with E-state index in [1.165, 1.54) is 12.4 Å². The van der Waals surface area contributed by atoms with E-state index in [2.05, 4.69) is 20.6 Å². The Hall–Kier alpha value is -3.21. The van der Waals surface area contributed by atoms with E-state index in [9.17, 15) is 4.79 Å². The van der Waals surface area contributed by atoms with Crippen LogP contribution in [0.3, 0.4) is 0 Å². The van der Waals surface area contributed by atoms with Crippen LogP contribution in [0.5, 0.6) is 0 Å². The van der Waals surface area contributed by atoms with E-state index in [0.717, 1.165) is 22.5 Å². The monoisotopic (exact) mass is 318 g/mol. The van der Waals surface area contributed by atoms with Gasteiger partial charge in [-0.3, -0.25) is 4.79 Å². The number of carbonyl (C=O) groups excluding carboxylic acids is 1. The highest BCUT2D eigenvalue weighted by Crippen LogP contribution is 2.18. The topological polar surface area (TPSA) is 66.9 Å². The molecule has 0 radical (unpaired) electrons. The summed E-state index contributed by atoms with van der Waals surface area (Å²) in [4.78, 5) is 20.7. The summed E-state index contributed by atoms with van der Waals surface area (Å²) in [6.07, 6.45) is 3.03. The third-order valence-corrected chi connectivity index (χ3v) is 3.70. The van der Waals surface area contributed by atoms with Gasteiger partial charge in [0.05, 0.1) is 5.56 Å². The Morgan fingerprint density at radius 2 is 1.38 bits per heavy atom. The van der Waals surface area contributed by atoms with Gasteiger partial charge in [-0.25, -0.2) is 9.97 Å². The molecule has 0 bridgehead atoms. The maximum atomic E-state index is 12.3. The highest BCUT2D eigenvalue weighted by molar-refractivity contribution is 6.04. The van der Waals surface area contributed by atoms with Gasteiger partial charge in [-0.15, -0.1) is 0 Å².